The van der Waals surface area contributed by atoms with Gasteiger partial charge in [-0.1, -0.05) is 91.6 Å². The van der Waals surface area contributed by atoms with Crippen molar-refractivity contribution in [2.24, 2.45) is 29.6 Å². The number of ether oxygens (including phenoxy) is 2. The number of likely N-dealkylation sites (N-methyl/N-ethyl adjacent to an activating group) is 2. The third kappa shape index (κ3) is 13.7. The molecule has 7 amide bonds. The van der Waals surface area contributed by atoms with E-state index in [1.807, 2.05) is 64.6 Å². The van der Waals surface area contributed by atoms with Gasteiger partial charge in [0, 0.05) is 65.9 Å². The zero-order valence-corrected chi connectivity index (χ0v) is 41.4. The number of hydrogen-bond donors (Lipinski definition) is 3. The highest BCUT2D eigenvalue weighted by Gasteiger charge is 2.57. The number of likely N-dealkylation sites (tertiary alicyclic amines) is 1. The second kappa shape index (κ2) is 24.7. The molecule has 1 aliphatic carbocycles. The SMILES string of the molecule is CC[C@H](C)C([C@@H](CC(=O)N1C2C[C@H]2C[C@H]1[C@H](OC)[C@@H](C)C(=O)N[C@@H](Cc1ccccc1)C(=O)O)OC)N(C)C(=O)[C@@H](NC(=O)[C@H](C(C)C)N(C)C(=O)CCCCCN1C(=O)C=CC1=O)C(C)C. The fourth-order valence-corrected chi connectivity index (χ4v) is 9.96. The number of unbranched alkanes of at least 4 members (excludes halogenated alkanes) is 2. The molecule has 0 spiro atoms. The Kier molecular flexibility index (Phi) is 20.1. The van der Waals surface area contributed by atoms with Gasteiger partial charge < -0.3 is 39.9 Å². The first-order chi connectivity index (χ1) is 31.7. The summed E-state index contributed by atoms with van der Waals surface area (Å²) in [6, 6.07) is 5.00. The van der Waals surface area contributed by atoms with Gasteiger partial charge >= 0.3 is 5.97 Å². The van der Waals surface area contributed by atoms with Crippen LogP contribution in [-0.2, 0) is 54.3 Å². The number of hydrogen-bond acceptors (Lipinski definition) is 10. The summed E-state index contributed by atoms with van der Waals surface area (Å²) in [7, 11) is 6.25. The Bertz CT molecular complexity index is 1920. The number of carbonyl (C=O) groups is 8. The third-order valence-corrected chi connectivity index (χ3v) is 14.1. The van der Waals surface area contributed by atoms with Crippen LogP contribution < -0.4 is 10.6 Å². The molecule has 2 fully saturated rings. The Hall–Kier alpha value is -5.16. The minimum atomic E-state index is -1.16. The van der Waals surface area contributed by atoms with E-state index in [1.54, 1.807) is 38.1 Å². The first-order valence-corrected chi connectivity index (χ1v) is 24.0. The van der Waals surface area contributed by atoms with Crippen LogP contribution in [0, 0.1) is 29.6 Å². The van der Waals surface area contributed by atoms with Gasteiger partial charge in [0.2, 0.25) is 29.5 Å². The van der Waals surface area contributed by atoms with Crippen molar-refractivity contribution in [3.05, 3.63) is 48.0 Å². The summed E-state index contributed by atoms with van der Waals surface area (Å²) >= 11 is 0. The van der Waals surface area contributed by atoms with Gasteiger partial charge in [0.25, 0.3) is 11.8 Å². The molecule has 2 aliphatic heterocycles. The fraction of sp³-hybridized carbons (Fsp3) is 0.680. The number of methoxy groups -OCH3 is 2. The number of carbonyl (C=O) groups excluding carboxylic acids is 7. The van der Waals surface area contributed by atoms with E-state index in [0.717, 1.165) is 12.0 Å². The van der Waals surface area contributed by atoms with Gasteiger partial charge in [-0.2, -0.15) is 0 Å². The molecule has 3 aliphatic rings. The van der Waals surface area contributed by atoms with Crippen molar-refractivity contribution >= 4 is 47.3 Å². The maximum atomic E-state index is 14.6. The molecule has 0 radical (unpaired) electrons. The van der Waals surface area contributed by atoms with Crippen LogP contribution in [0.15, 0.2) is 42.5 Å². The lowest BCUT2D eigenvalue weighted by atomic mass is 9.89. The highest BCUT2D eigenvalue weighted by molar-refractivity contribution is 6.12. The van der Waals surface area contributed by atoms with Gasteiger partial charge in [-0.3, -0.25) is 38.5 Å². The summed E-state index contributed by atoms with van der Waals surface area (Å²) in [5.41, 5.74) is 0.767. The van der Waals surface area contributed by atoms with Gasteiger partial charge in [-0.05, 0) is 54.9 Å². The van der Waals surface area contributed by atoms with Crippen LogP contribution in [0.25, 0.3) is 0 Å². The van der Waals surface area contributed by atoms with E-state index >= 15 is 0 Å². The normalized spacial score (nSPS) is 21.2. The van der Waals surface area contributed by atoms with E-state index in [9.17, 15) is 43.5 Å². The molecule has 0 bridgehead atoms. The van der Waals surface area contributed by atoms with Crippen molar-refractivity contribution in [1.82, 2.24) is 30.2 Å². The Morgan fingerprint density at radius 2 is 1.46 bits per heavy atom. The molecule has 1 aromatic carbocycles. The number of piperidine rings is 1. The Balaban J connectivity index is 1.43. The number of fused-ring (bicyclic) bond motifs is 1. The maximum absolute atomic E-state index is 14.6. The first-order valence-electron chi connectivity index (χ1n) is 24.0. The van der Waals surface area contributed by atoms with Gasteiger partial charge in [0.05, 0.1) is 36.6 Å². The molecule has 1 aromatic rings. The van der Waals surface area contributed by atoms with Crippen LogP contribution in [0.2, 0.25) is 0 Å². The topological polar surface area (TPSA) is 212 Å². The molecule has 11 atom stereocenters. The van der Waals surface area contributed by atoms with Crippen molar-refractivity contribution in [3.8, 4) is 0 Å². The highest BCUT2D eigenvalue weighted by atomic mass is 16.5. The predicted octanol–water partition coefficient (Wildman–Crippen LogP) is 3.83. The molecule has 2 heterocycles. The number of carboxylic acids is 1. The Morgan fingerprint density at radius 3 is 2.01 bits per heavy atom. The first kappa shape index (κ1) is 54.4. The van der Waals surface area contributed by atoms with Crippen LogP contribution in [0.1, 0.15) is 105 Å². The van der Waals surface area contributed by atoms with Gasteiger partial charge in [0.15, 0.2) is 0 Å². The van der Waals surface area contributed by atoms with Crippen molar-refractivity contribution in [1.29, 1.82) is 0 Å². The lowest BCUT2D eigenvalue weighted by Crippen LogP contribution is -2.60. The standard InChI is InChI=1S/C50H76N6O11/c1-12-31(6)45(54(9)49(63)43(29(2)3)52-48(62)44(30(4)5)53(8)39(57)21-17-14-18-24-55-40(58)22-23-41(55)59)38(66-10)28-42(60)56-36-26-34(36)27-37(56)46(67-11)32(7)47(61)51-35(50(64)65)25-33-19-15-13-16-20-33/h13,15-16,19-20,22-23,29-32,34-38,43-46H,12,14,17-18,21,24-28H2,1-11H3,(H,51,61)(H,52,62)(H,64,65)/t31-,32+,34-,35-,36?,37-,38+,43-,44-,45?,46+/m0/s1. The minimum absolute atomic E-state index is 0.0370. The van der Waals surface area contributed by atoms with Crippen LogP contribution in [0.5, 0.6) is 0 Å². The number of amides is 7. The predicted molar refractivity (Wildman–Crippen MR) is 251 cm³/mol. The van der Waals surface area contributed by atoms with Crippen molar-refractivity contribution < 1.29 is 52.9 Å². The minimum Gasteiger partial charge on any atom is -0.480 e. The average molecular weight is 937 g/mol. The molecule has 3 N–H and O–H groups in total. The average Bonchev–Trinajstić information content (AvgIpc) is 3.83. The summed E-state index contributed by atoms with van der Waals surface area (Å²) in [5, 5.41) is 15.6. The summed E-state index contributed by atoms with van der Waals surface area (Å²) in [6.45, 7) is 13.3. The van der Waals surface area contributed by atoms with E-state index in [2.05, 4.69) is 10.6 Å². The quantitative estimate of drug-likeness (QED) is 0.0853. The molecule has 1 saturated carbocycles. The molecule has 0 aromatic heterocycles. The number of benzene rings is 1. The number of imide groups is 1. The molecule has 4 rings (SSSR count). The van der Waals surface area contributed by atoms with Gasteiger partial charge in [0.1, 0.15) is 18.1 Å². The van der Waals surface area contributed by atoms with E-state index in [-0.39, 0.29) is 85.1 Å². The monoisotopic (exact) mass is 937 g/mol. The number of aliphatic carboxylic acids is 1. The van der Waals surface area contributed by atoms with Crippen LogP contribution >= 0.6 is 0 Å². The zero-order valence-electron chi connectivity index (χ0n) is 41.4. The van der Waals surface area contributed by atoms with Crippen molar-refractivity contribution in [2.75, 3.05) is 34.9 Å². The molecule has 2 unspecified atom stereocenters. The van der Waals surface area contributed by atoms with Crippen LogP contribution in [0.3, 0.4) is 0 Å². The smallest absolute Gasteiger partial charge is 0.326 e. The molecular formula is C50H76N6O11. The maximum Gasteiger partial charge on any atom is 0.326 e. The molecule has 17 heteroatoms. The summed E-state index contributed by atoms with van der Waals surface area (Å²) in [6.07, 6.45) is 4.99. The second-order valence-corrected chi connectivity index (χ2v) is 19.4. The van der Waals surface area contributed by atoms with E-state index in [4.69, 9.17) is 9.47 Å². The Labute approximate surface area is 396 Å². The van der Waals surface area contributed by atoms with Crippen LogP contribution in [0.4, 0.5) is 0 Å². The van der Waals surface area contributed by atoms with Gasteiger partial charge in [-0.15, -0.1) is 0 Å². The van der Waals surface area contributed by atoms with E-state index in [1.165, 1.54) is 36.2 Å². The fourth-order valence-electron chi connectivity index (χ4n) is 9.96. The van der Waals surface area contributed by atoms with Crippen molar-refractivity contribution in [2.45, 2.75) is 155 Å². The largest absolute Gasteiger partial charge is 0.480 e. The zero-order chi connectivity index (χ0) is 49.9. The number of carboxylic acid groups (broad SMARTS) is 1. The van der Waals surface area contributed by atoms with Crippen molar-refractivity contribution in [3.63, 3.8) is 0 Å². The molecule has 67 heavy (non-hydrogen) atoms. The van der Waals surface area contributed by atoms with E-state index in [0.29, 0.717) is 32.1 Å². The number of nitrogens with zero attached hydrogens (tertiary/aromatic N) is 4. The lowest BCUT2D eigenvalue weighted by molar-refractivity contribution is -0.149. The highest BCUT2D eigenvalue weighted by Crippen LogP contribution is 2.50. The van der Waals surface area contributed by atoms with E-state index < -0.39 is 66.1 Å². The molecule has 17 nitrogen and oxygen atoms in total. The summed E-state index contributed by atoms with van der Waals surface area (Å²) in [5.74, 6) is -4.91. The second-order valence-electron chi connectivity index (χ2n) is 19.4. The lowest BCUT2D eigenvalue weighted by Gasteiger charge is -2.41. The summed E-state index contributed by atoms with van der Waals surface area (Å²) < 4.78 is 12.0. The number of nitrogens with one attached hydrogen (secondary N) is 2. The Morgan fingerprint density at radius 1 is 0.821 bits per heavy atom. The summed E-state index contributed by atoms with van der Waals surface area (Å²) in [4.78, 5) is 112. The molecular weight excluding hydrogens is 861 g/mol. The van der Waals surface area contributed by atoms with Crippen LogP contribution in [-0.4, -0.2) is 155 Å². The molecule has 1 saturated heterocycles. The molecule has 372 valence electrons. The number of rotatable bonds is 27. The third-order valence-electron chi connectivity index (χ3n) is 14.1. The van der Waals surface area contributed by atoms with Gasteiger partial charge in [-0.25, -0.2) is 4.79 Å².